The Morgan fingerprint density at radius 2 is 1.93 bits per heavy atom. The van der Waals surface area contributed by atoms with Crippen molar-refractivity contribution in [1.29, 1.82) is 0 Å². The molecule has 0 spiro atoms. The normalized spacial score (nSPS) is 10.9. The van der Waals surface area contributed by atoms with Crippen LogP contribution in [0.2, 0.25) is 10.0 Å². The third-order valence-corrected chi connectivity index (χ3v) is 5.42. The highest BCUT2D eigenvalue weighted by Gasteiger charge is 2.14. The Labute approximate surface area is 191 Å². The average Bonchev–Trinajstić information content (AvgIpc) is 3.14. The number of halogens is 3. The first-order chi connectivity index (χ1) is 14.4. The van der Waals surface area contributed by atoms with E-state index >= 15 is 0 Å². The summed E-state index contributed by atoms with van der Waals surface area (Å²) in [5.74, 6) is 0.648. The summed E-state index contributed by atoms with van der Waals surface area (Å²) >= 11 is 15.9. The maximum absolute atomic E-state index is 12.6. The van der Waals surface area contributed by atoms with Gasteiger partial charge in [0.05, 0.1) is 22.2 Å². The Hall–Kier alpha value is -2.54. The summed E-state index contributed by atoms with van der Waals surface area (Å²) in [6, 6.07) is 15.6. The summed E-state index contributed by atoms with van der Waals surface area (Å²) in [5.41, 5.74) is 2.87. The van der Waals surface area contributed by atoms with Crippen molar-refractivity contribution in [2.24, 2.45) is 0 Å². The number of fused-ring (bicyclic) bond motifs is 1. The summed E-state index contributed by atoms with van der Waals surface area (Å²) in [7, 11) is 0. The van der Waals surface area contributed by atoms with Crippen molar-refractivity contribution in [3.63, 3.8) is 0 Å². The number of nitrogens with zero attached hydrogens (tertiary/aromatic N) is 1. The van der Waals surface area contributed by atoms with Crippen LogP contribution < -0.4 is 10.1 Å². The van der Waals surface area contributed by atoms with Crippen LogP contribution in [0.4, 0.5) is 5.69 Å². The van der Waals surface area contributed by atoms with Gasteiger partial charge in [-0.25, -0.2) is 4.98 Å². The Bertz CT molecular complexity index is 1260. The molecule has 0 aliphatic heterocycles. The lowest BCUT2D eigenvalue weighted by Gasteiger charge is -2.08. The number of nitrogens with one attached hydrogen (secondary N) is 1. The van der Waals surface area contributed by atoms with E-state index in [0.717, 1.165) is 4.47 Å². The van der Waals surface area contributed by atoms with E-state index in [-0.39, 0.29) is 5.91 Å². The van der Waals surface area contributed by atoms with Gasteiger partial charge in [-0.3, -0.25) is 4.79 Å². The van der Waals surface area contributed by atoms with Gasteiger partial charge in [-0.05, 0) is 61.5 Å². The van der Waals surface area contributed by atoms with Crippen LogP contribution in [0.1, 0.15) is 17.3 Å². The van der Waals surface area contributed by atoms with E-state index in [0.29, 0.717) is 56.2 Å². The number of rotatable bonds is 5. The maximum Gasteiger partial charge on any atom is 0.255 e. The number of carbonyl (C=O) groups excluding carboxylic acids is 1. The van der Waals surface area contributed by atoms with Crippen LogP contribution in [0.15, 0.2) is 63.5 Å². The Balaban J connectivity index is 1.59. The van der Waals surface area contributed by atoms with Gasteiger partial charge in [0, 0.05) is 15.7 Å². The molecule has 1 amide bonds. The van der Waals surface area contributed by atoms with Crippen molar-refractivity contribution in [2.45, 2.75) is 6.92 Å². The molecule has 0 fully saturated rings. The first-order valence-corrected chi connectivity index (χ1v) is 10.6. The molecule has 0 aliphatic rings. The number of carbonyl (C=O) groups is 1. The van der Waals surface area contributed by atoms with Gasteiger partial charge in [0.2, 0.25) is 5.89 Å². The highest BCUT2D eigenvalue weighted by Crippen LogP contribution is 2.33. The van der Waals surface area contributed by atoms with Gasteiger partial charge < -0.3 is 14.5 Å². The fourth-order valence-electron chi connectivity index (χ4n) is 2.90. The average molecular weight is 506 g/mol. The van der Waals surface area contributed by atoms with Gasteiger partial charge in [0.25, 0.3) is 5.91 Å². The van der Waals surface area contributed by atoms with Crippen LogP contribution in [0.3, 0.4) is 0 Å². The minimum absolute atomic E-state index is 0.293. The van der Waals surface area contributed by atoms with Gasteiger partial charge in [0.15, 0.2) is 5.58 Å². The van der Waals surface area contributed by atoms with E-state index in [9.17, 15) is 4.79 Å². The number of aromatic nitrogens is 1. The van der Waals surface area contributed by atoms with Crippen molar-refractivity contribution >= 4 is 61.8 Å². The molecule has 4 rings (SSSR count). The minimum Gasteiger partial charge on any atom is -0.492 e. The molecule has 5 nitrogen and oxygen atoms in total. The van der Waals surface area contributed by atoms with Crippen LogP contribution in [-0.2, 0) is 0 Å². The molecular weight excluding hydrogens is 491 g/mol. The largest absolute Gasteiger partial charge is 0.492 e. The Morgan fingerprint density at radius 3 is 2.70 bits per heavy atom. The molecule has 8 heteroatoms. The van der Waals surface area contributed by atoms with E-state index in [4.69, 9.17) is 32.4 Å². The van der Waals surface area contributed by atoms with Crippen molar-refractivity contribution in [2.75, 3.05) is 11.9 Å². The number of benzene rings is 3. The van der Waals surface area contributed by atoms with Gasteiger partial charge in [-0.15, -0.1) is 0 Å². The van der Waals surface area contributed by atoms with Crippen LogP contribution >= 0.6 is 39.1 Å². The van der Waals surface area contributed by atoms with Gasteiger partial charge in [0.1, 0.15) is 11.3 Å². The Morgan fingerprint density at radius 1 is 1.10 bits per heavy atom. The summed E-state index contributed by atoms with van der Waals surface area (Å²) in [5, 5.41) is 3.76. The zero-order valence-electron chi connectivity index (χ0n) is 15.7. The van der Waals surface area contributed by atoms with Gasteiger partial charge >= 0.3 is 0 Å². The van der Waals surface area contributed by atoms with Gasteiger partial charge in [-0.1, -0.05) is 39.1 Å². The predicted octanol–water partition coefficient (Wildman–Crippen LogP) is 7.22. The van der Waals surface area contributed by atoms with E-state index in [1.54, 1.807) is 42.5 Å². The molecule has 0 aliphatic carbocycles. The molecule has 0 saturated carbocycles. The topological polar surface area (TPSA) is 64.4 Å². The van der Waals surface area contributed by atoms with Crippen LogP contribution in [0.5, 0.6) is 5.75 Å². The molecule has 30 heavy (non-hydrogen) atoms. The standard InChI is InChI=1S/C22H15BrCl2N2O3/c1-2-29-19-7-3-12(9-17(19)25)21(28)26-14-5-8-20-18(11-14)27-22(30-20)15-10-13(23)4-6-16(15)24/h3-11H,2H2,1H3,(H,26,28). The zero-order chi connectivity index (χ0) is 21.3. The number of ether oxygens (including phenoxy) is 1. The smallest absolute Gasteiger partial charge is 0.255 e. The lowest BCUT2D eigenvalue weighted by molar-refractivity contribution is 0.102. The fraction of sp³-hybridized carbons (Fsp3) is 0.0909. The number of hydrogen-bond acceptors (Lipinski definition) is 4. The highest BCUT2D eigenvalue weighted by molar-refractivity contribution is 9.10. The molecule has 0 unspecified atom stereocenters. The molecular formula is C22H15BrCl2N2O3. The third-order valence-electron chi connectivity index (χ3n) is 4.30. The first-order valence-electron chi connectivity index (χ1n) is 9.04. The summed E-state index contributed by atoms with van der Waals surface area (Å²) in [6.07, 6.45) is 0. The number of anilines is 1. The lowest BCUT2D eigenvalue weighted by Crippen LogP contribution is -2.11. The minimum atomic E-state index is -0.293. The number of hydrogen-bond donors (Lipinski definition) is 1. The highest BCUT2D eigenvalue weighted by atomic mass is 79.9. The number of oxazole rings is 1. The molecule has 4 aromatic rings. The molecule has 0 radical (unpaired) electrons. The summed E-state index contributed by atoms with van der Waals surface area (Å²) in [4.78, 5) is 17.1. The fourth-order valence-corrected chi connectivity index (χ4v) is 3.69. The molecule has 1 aromatic heterocycles. The Kier molecular flexibility index (Phi) is 5.99. The van der Waals surface area contributed by atoms with E-state index in [1.807, 2.05) is 19.1 Å². The summed E-state index contributed by atoms with van der Waals surface area (Å²) < 4.78 is 12.1. The predicted molar refractivity (Wildman–Crippen MR) is 123 cm³/mol. The van der Waals surface area contributed by atoms with Crippen molar-refractivity contribution in [3.8, 4) is 17.2 Å². The molecule has 0 atom stereocenters. The molecule has 3 aromatic carbocycles. The van der Waals surface area contributed by atoms with Gasteiger partial charge in [-0.2, -0.15) is 0 Å². The first kappa shape index (κ1) is 20.7. The van der Waals surface area contributed by atoms with E-state index < -0.39 is 0 Å². The molecule has 1 N–H and O–H groups in total. The molecule has 1 heterocycles. The maximum atomic E-state index is 12.6. The van der Waals surface area contributed by atoms with Crippen molar-refractivity contribution < 1.29 is 13.9 Å². The molecule has 0 bridgehead atoms. The monoisotopic (exact) mass is 504 g/mol. The van der Waals surface area contributed by atoms with Crippen molar-refractivity contribution in [3.05, 3.63) is 74.7 Å². The van der Waals surface area contributed by atoms with E-state index in [2.05, 4.69) is 26.2 Å². The summed E-state index contributed by atoms with van der Waals surface area (Å²) in [6.45, 7) is 2.36. The third kappa shape index (κ3) is 4.31. The van der Waals surface area contributed by atoms with Crippen LogP contribution in [0.25, 0.3) is 22.6 Å². The molecule has 0 saturated heterocycles. The van der Waals surface area contributed by atoms with E-state index in [1.165, 1.54) is 0 Å². The SMILES string of the molecule is CCOc1ccc(C(=O)Nc2ccc3oc(-c4cc(Br)ccc4Cl)nc3c2)cc1Cl. The van der Waals surface area contributed by atoms with Crippen LogP contribution in [0, 0.1) is 0 Å². The van der Waals surface area contributed by atoms with Crippen LogP contribution in [-0.4, -0.2) is 17.5 Å². The number of amides is 1. The van der Waals surface area contributed by atoms with Crippen molar-refractivity contribution in [1.82, 2.24) is 4.98 Å². The molecule has 152 valence electrons. The lowest BCUT2D eigenvalue weighted by atomic mass is 10.2. The zero-order valence-corrected chi connectivity index (χ0v) is 18.8. The second-order valence-corrected chi connectivity index (χ2v) is 8.09. The second kappa shape index (κ2) is 8.68. The quantitative estimate of drug-likeness (QED) is 0.311. The second-order valence-electron chi connectivity index (χ2n) is 6.36.